The third-order valence-electron chi connectivity index (χ3n) is 4.08. The monoisotopic (exact) mass is 306 g/mol. The van der Waals surface area contributed by atoms with Crippen molar-refractivity contribution >= 4 is 11.8 Å². The number of hydrogen-bond acceptors (Lipinski definition) is 2. The number of nitrogens with zero attached hydrogens (tertiary/aromatic N) is 1. The van der Waals surface area contributed by atoms with E-state index in [9.17, 15) is 14.0 Å². The zero-order chi connectivity index (χ0) is 15.9. The molecule has 1 aliphatic carbocycles. The number of halogens is 1. The predicted octanol–water partition coefficient (Wildman–Crippen LogP) is 2.28. The highest BCUT2D eigenvalue weighted by Gasteiger charge is 2.19. The summed E-state index contributed by atoms with van der Waals surface area (Å²) in [5.74, 6) is -0.493. The van der Waals surface area contributed by atoms with E-state index >= 15 is 0 Å². The lowest BCUT2D eigenvalue weighted by Crippen LogP contribution is -2.43. The van der Waals surface area contributed by atoms with Crippen molar-refractivity contribution in [2.45, 2.75) is 45.1 Å². The molecule has 120 valence electrons. The zero-order valence-corrected chi connectivity index (χ0v) is 13.0. The first-order valence-electron chi connectivity index (χ1n) is 7.84. The van der Waals surface area contributed by atoms with Crippen molar-refractivity contribution < 1.29 is 14.0 Å². The number of amides is 2. The molecule has 0 atom stereocenters. The molecule has 1 aliphatic rings. The Morgan fingerprint density at radius 1 is 1.23 bits per heavy atom. The number of nitrogens with one attached hydrogen (secondary N) is 1. The minimum atomic E-state index is -0.275. The molecular formula is C17H23FN2O2. The number of benzene rings is 1. The van der Waals surface area contributed by atoms with Gasteiger partial charge >= 0.3 is 0 Å². The molecule has 1 saturated carbocycles. The third-order valence-corrected chi connectivity index (χ3v) is 4.08. The highest BCUT2D eigenvalue weighted by molar-refractivity contribution is 5.83. The molecule has 2 amide bonds. The summed E-state index contributed by atoms with van der Waals surface area (Å²) < 4.78 is 12.9. The molecule has 0 radical (unpaired) electrons. The van der Waals surface area contributed by atoms with Crippen molar-refractivity contribution in [1.82, 2.24) is 10.2 Å². The average molecular weight is 306 g/mol. The Labute approximate surface area is 130 Å². The summed E-state index contributed by atoms with van der Waals surface area (Å²) in [6.07, 6.45) is 4.98. The predicted molar refractivity (Wildman–Crippen MR) is 82.8 cm³/mol. The molecule has 22 heavy (non-hydrogen) atoms. The minimum absolute atomic E-state index is 0.0903. The summed E-state index contributed by atoms with van der Waals surface area (Å²) in [5.41, 5.74) is 0.948. The van der Waals surface area contributed by atoms with Gasteiger partial charge in [0.05, 0.1) is 6.54 Å². The first-order valence-corrected chi connectivity index (χ1v) is 7.84. The van der Waals surface area contributed by atoms with E-state index in [-0.39, 0.29) is 30.2 Å². The van der Waals surface area contributed by atoms with E-state index in [0.29, 0.717) is 13.0 Å². The van der Waals surface area contributed by atoms with Crippen molar-refractivity contribution in [1.29, 1.82) is 0 Å². The van der Waals surface area contributed by atoms with Gasteiger partial charge in [-0.15, -0.1) is 0 Å². The summed E-state index contributed by atoms with van der Waals surface area (Å²) in [5, 5.41) is 2.99. The topological polar surface area (TPSA) is 49.4 Å². The van der Waals surface area contributed by atoms with E-state index in [4.69, 9.17) is 0 Å². The van der Waals surface area contributed by atoms with Crippen LogP contribution in [-0.4, -0.2) is 35.8 Å². The molecular weight excluding hydrogens is 283 g/mol. The maximum absolute atomic E-state index is 12.9. The Bertz CT molecular complexity index is 510. The summed E-state index contributed by atoms with van der Waals surface area (Å²) in [7, 11) is 0. The lowest BCUT2D eigenvalue weighted by Gasteiger charge is -2.22. The lowest BCUT2D eigenvalue weighted by molar-refractivity contribution is -0.134. The van der Waals surface area contributed by atoms with Gasteiger partial charge in [-0.3, -0.25) is 9.59 Å². The van der Waals surface area contributed by atoms with E-state index in [1.54, 1.807) is 12.1 Å². The summed E-state index contributed by atoms with van der Waals surface area (Å²) in [6, 6.07) is 6.47. The molecule has 1 fully saturated rings. The highest BCUT2D eigenvalue weighted by Crippen LogP contribution is 2.17. The van der Waals surface area contributed by atoms with Crippen LogP contribution >= 0.6 is 0 Å². The number of rotatable bonds is 6. The first kappa shape index (κ1) is 16.5. The number of carbonyl (C=O) groups is 2. The van der Waals surface area contributed by atoms with Crippen LogP contribution in [0.3, 0.4) is 0 Å². The normalized spacial score (nSPS) is 14.8. The van der Waals surface area contributed by atoms with Gasteiger partial charge in [0.25, 0.3) is 0 Å². The minimum Gasteiger partial charge on any atom is -0.352 e. The fourth-order valence-electron chi connectivity index (χ4n) is 2.78. The van der Waals surface area contributed by atoms with Crippen LogP contribution in [0.15, 0.2) is 24.3 Å². The number of carbonyl (C=O) groups excluding carboxylic acids is 2. The van der Waals surface area contributed by atoms with Gasteiger partial charge in [-0.25, -0.2) is 4.39 Å². The van der Waals surface area contributed by atoms with Gasteiger partial charge < -0.3 is 10.2 Å². The van der Waals surface area contributed by atoms with E-state index in [1.165, 1.54) is 24.0 Å². The second-order valence-corrected chi connectivity index (χ2v) is 5.87. The fourth-order valence-corrected chi connectivity index (χ4v) is 2.78. The smallest absolute Gasteiger partial charge is 0.239 e. The van der Waals surface area contributed by atoms with E-state index < -0.39 is 0 Å². The second kappa shape index (κ2) is 7.92. The van der Waals surface area contributed by atoms with E-state index in [2.05, 4.69) is 5.32 Å². The second-order valence-electron chi connectivity index (χ2n) is 5.87. The molecule has 4 nitrogen and oxygen atoms in total. The largest absolute Gasteiger partial charge is 0.352 e. The molecule has 0 aromatic heterocycles. The summed E-state index contributed by atoms with van der Waals surface area (Å²) >= 11 is 0. The van der Waals surface area contributed by atoms with E-state index in [1.807, 2.05) is 0 Å². The molecule has 0 unspecified atom stereocenters. The van der Waals surface area contributed by atoms with Crippen LogP contribution in [0, 0.1) is 5.82 Å². The Morgan fingerprint density at radius 3 is 2.45 bits per heavy atom. The van der Waals surface area contributed by atoms with Gasteiger partial charge in [0.1, 0.15) is 5.82 Å². The van der Waals surface area contributed by atoms with Crippen LogP contribution in [-0.2, 0) is 16.0 Å². The third kappa shape index (κ3) is 5.13. The highest BCUT2D eigenvalue weighted by atomic mass is 19.1. The van der Waals surface area contributed by atoms with Crippen molar-refractivity contribution in [3.05, 3.63) is 35.6 Å². The van der Waals surface area contributed by atoms with Crippen molar-refractivity contribution in [3.63, 3.8) is 0 Å². The Kier molecular flexibility index (Phi) is 5.92. The summed E-state index contributed by atoms with van der Waals surface area (Å²) in [4.78, 5) is 25.2. The molecule has 0 saturated heterocycles. The Hall–Kier alpha value is -1.91. The van der Waals surface area contributed by atoms with E-state index in [0.717, 1.165) is 31.2 Å². The van der Waals surface area contributed by atoms with Gasteiger partial charge in [0.15, 0.2) is 0 Å². The lowest BCUT2D eigenvalue weighted by atomic mass is 10.1. The van der Waals surface area contributed by atoms with Crippen molar-refractivity contribution in [3.8, 4) is 0 Å². The van der Waals surface area contributed by atoms with Gasteiger partial charge in [-0.1, -0.05) is 25.0 Å². The SMILES string of the molecule is CC(=O)N(CCc1ccc(F)cc1)CC(=O)NC1CCCC1. The molecule has 1 aromatic carbocycles. The van der Waals surface area contributed by atoms with Gasteiger partial charge in [-0.05, 0) is 37.0 Å². The van der Waals surface area contributed by atoms with Crippen molar-refractivity contribution in [2.24, 2.45) is 0 Å². The van der Waals surface area contributed by atoms with Crippen LogP contribution in [0.5, 0.6) is 0 Å². The van der Waals surface area contributed by atoms with Crippen LogP contribution < -0.4 is 5.32 Å². The van der Waals surface area contributed by atoms with Crippen LogP contribution in [0.1, 0.15) is 38.2 Å². The van der Waals surface area contributed by atoms with Crippen molar-refractivity contribution in [2.75, 3.05) is 13.1 Å². The Balaban J connectivity index is 1.82. The number of hydrogen-bond donors (Lipinski definition) is 1. The van der Waals surface area contributed by atoms with Gasteiger partial charge in [-0.2, -0.15) is 0 Å². The summed E-state index contributed by atoms with van der Waals surface area (Å²) in [6.45, 7) is 2.01. The van der Waals surface area contributed by atoms with Crippen LogP contribution in [0.4, 0.5) is 4.39 Å². The molecule has 5 heteroatoms. The fraction of sp³-hybridized carbons (Fsp3) is 0.529. The molecule has 2 rings (SSSR count). The molecule has 0 spiro atoms. The molecule has 0 heterocycles. The Morgan fingerprint density at radius 2 is 1.86 bits per heavy atom. The van der Waals surface area contributed by atoms with Crippen LogP contribution in [0.2, 0.25) is 0 Å². The standard InChI is InChI=1S/C17H23FN2O2/c1-13(21)20(11-10-14-6-8-15(18)9-7-14)12-17(22)19-16-4-2-3-5-16/h6-9,16H,2-5,10-12H2,1H3,(H,19,22). The van der Waals surface area contributed by atoms with Crippen LogP contribution in [0.25, 0.3) is 0 Å². The quantitative estimate of drug-likeness (QED) is 0.876. The average Bonchev–Trinajstić information content (AvgIpc) is 2.97. The molecule has 0 aliphatic heterocycles. The molecule has 0 bridgehead atoms. The molecule has 1 N–H and O–H groups in total. The van der Waals surface area contributed by atoms with Gasteiger partial charge in [0, 0.05) is 19.5 Å². The first-order chi connectivity index (χ1) is 10.5. The van der Waals surface area contributed by atoms with Gasteiger partial charge in [0.2, 0.25) is 11.8 Å². The zero-order valence-electron chi connectivity index (χ0n) is 13.0. The molecule has 1 aromatic rings. The maximum Gasteiger partial charge on any atom is 0.239 e. The maximum atomic E-state index is 12.9.